The first-order valence-electron chi connectivity index (χ1n) is 13.0. The molecule has 4 aliphatic rings. The lowest BCUT2D eigenvalue weighted by molar-refractivity contribution is -0.255. The SMILES string of the molecule is O=C([O-])c1ccc(OC(=O)C2C(C(=O)Oc3ccc(S(=O)(=O)[O-])c(I)c3)C3c4ccccc4C2C2C=CC=CC23)cc1. The standard InChI is InChI=1S/C31H23IO9S/c32-23-15-18(13-14-24(23)42(37,38)39)41-31(36)28-26-21-7-3-1-5-19(21)25(20-6-2-4-8-22(20)26)27(28)30(35)40-17-11-9-16(10-12-17)29(33)34/h1-15,19,21,25-28H,(H,33,34)(H,37,38,39)/p-2. The van der Waals surface area contributed by atoms with Crippen molar-refractivity contribution in [2.75, 3.05) is 0 Å². The Morgan fingerprint density at radius 2 is 1.24 bits per heavy atom. The molecule has 3 aromatic rings. The second kappa shape index (κ2) is 10.8. The Bertz CT molecular complexity index is 1780. The summed E-state index contributed by atoms with van der Waals surface area (Å²) in [5.41, 5.74) is 1.81. The van der Waals surface area contributed by atoms with E-state index in [1.165, 1.54) is 36.4 Å². The van der Waals surface area contributed by atoms with Crippen molar-refractivity contribution in [3.8, 4) is 11.5 Å². The van der Waals surface area contributed by atoms with Gasteiger partial charge in [0.15, 0.2) is 0 Å². The van der Waals surface area contributed by atoms with Crippen molar-refractivity contribution in [3.05, 3.63) is 111 Å². The van der Waals surface area contributed by atoms with Crippen LogP contribution in [-0.4, -0.2) is 30.9 Å². The number of rotatable bonds is 6. The molecule has 0 radical (unpaired) electrons. The number of carbonyl (C=O) groups excluding carboxylic acids is 3. The van der Waals surface area contributed by atoms with Gasteiger partial charge in [0, 0.05) is 15.4 Å². The smallest absolute Gasteiger partial charge is 0.315 e. The second-order valence-electron chi connectivity index (χ2n) is 10.4. The number of aromatic carboxylic acids is 1. The zero-order chi connectivity index (χ0) is 29.8. The van der Waals surface area contributed by atoms with Crippen LogP contribution in [0.4, 0.5) is 0 Å². The van der Waals surface area contributed by atoms with Crippen molar-refractivity contribution in [3.63, 3.8) is 0 Å². The maximum absolute atomic E-state index is 14.0. The molecule has 2 bridgehead atoms. The van der Waals surface area contributed by atoms with Crippen LogP contribution in [0.2, 0.25) is 0 Å². The van der Waals surface area contributed by atoms with Gasteiger partial charge < -0.3 is 23.9 Å². The first kappa shape index (κ1) is 28.3. The van der Waals surface area contributed by atoms with E-state index in [1.807, 2.05) is 48.6 Å². The Labute approximate surface area is 254 Å². The van der Waals surface area contributed by atoms with Crippen LogP contribution in [0.25, 0.3) is 0 Å². The fourth-order valence-corrected chi connectivity index (χ4v) is 8.39. The molecular formula is C31H21IO9S-2. The highest BCUT2D eigenvalue weighted by atomic mass is 127. The highest BCUT2D eigenvalue weighted by Gasteiger charge is 2.61. The zero-order valence-electron chi connectivity index (χ0n) is 21.6. The quantitative estimate of drug-likeness (QED) is 0.163. The van der Waals surface area contributed by atoms with Gasteiger partial charge in [0.25, 0.3) is 0 Å². The zero-order valence-corrected chi connectivity index (χ0v) is 24.6. The normalized spacial score (nSPS) is 25.3. The van der Waals surface area contributed by atoms with E-state index in [2.05, 4.69) is 0 Å². The average molecular weight is 696 g/mol. The van der Waals surface area contributed by atoms with Gasteiger partial charge in [-0.1, -0.05) is 48.6 Å². The second-order valence-corrected chi connectivity index (χ2v) is 12.9. The maximum atomic E-state index is 14.0. The minimum atomic E-state index is -4.72. The van der Waals surface area contributed by atoms with Crippen LogP contribution in [0.5, 0.6) is 11.5 Å². The number of carboxylic acid groups (broad SMARTS) is 1. The Hall–Kier alpha value is -3.81. The number of ether oxygens (including phenoxy) is 2. The number of hydrogen-bond acceptors (Lipinski definition) is 9. The lowest BCUT2D eigenvalue weighted by Crippen LogP contribution is -2.54. The summed E-state index contributed by atoms with van der Waals surface area (Å²) in [6, 6.07) is 16.5. The van der Waals surface area contributed by atoms with Gasteiger partial charge in [0.05, 0.1) is 22.7 Å². The molecule has 7 rings (SSSR count). The fraction of sp³-hybridized carbons (Fsp3) is 0.194. The van der Waals surface area contributed by atoms with E-state index in [1.54, 1.807) is 22.6 Å². The summed E-state index contributed by atoms with van der Waals surface area (Å²) < 4.78 is 46.2. The van der Waals surface area contributed by atoms with Gasteiger partial charge in [-0.2, -0.15) is 0 Å². The molecule has 3 aromatic carbocycles. The van der Waals surface area contributed by atoms with Crippen molar-refractivity contribution < 1.29 is 41.9 Å². The van der Waals surface area contributed by atoms with E-state index in [4.69, 9.17) is 9.47 Å². The summed E-state index contributed by atoms with van der Waals surface area (Å²) in [5.74, 6) is -5.49. The third kappa shape index (κ3) is 4.95. The molecule has 0 heterocycles. The molecule has 1 saturated carbocycles. The number of hydrogen-bond donors (Lipinski definition) is 0. The van der Waals surface area contributed by atoms with Gasteiger partial charge in [-0.25, -0.2) is 8.42 Å². The number of esters is 2. The number of carbonyl (C=O) groups is 3. The number of fused-ring (bicyclic) bond motifs is 1. The lowest BCUT2D eigenvalue weighted by Gasteiger charge is -2.54. The molecule has 0 saturated heterocycles. The average Bonchev–Trinajstić information content (AvgIpc) is 2.96. The predicted octanol–water partition coefficient (Wildman–Crippen LogP) is 3.56. The van der Waals surface area contributed by atoms with Crippen LogP contribution >= 0.6 is 22.6 Å². The van der Waals surface area contributed by atoms with Crippen LogP contribution in [-0.2, 0) is 19.7 Å². The fourth-order valence-electron chi connectivity index (χ4n) is 6.57. The van der Waals surface area contributed by atoms with Gasteiger partial charge in [-0.3, -0.25) is 9.59 Å². The van der Waals surface area contributed by atoms with Crippen LogP contribution in [0.15, 0.2) is 95.9 Å². The predicted molar refractivity (Wildman–Crippen MR) is 153 cm³/mol. The first-order valence-corrected chi connectivity index (χ1v) is 15.5. The topological polar surface area (TPSA) is 150 Å². The van der Waals surface area contributed by atoms with Gasteiger partial charge in [0.2, 0.25) is 0 Å². The Morgan fingerprint density at radius 1 is 0.738 bits per heavy atom. The molecule has 4 aliphatic carbocycles. The maximum Gasteiger partial charge on any atom is 0.315 e. The molecule has 0 aromatic heterocycles. The van der Waals surface area contributed by atoms with Crippen molar-refractivity contribution in [1.29, 1.82) is 0 Å². The van der Waals surface area contributed by atoms with Gasteiger partial charge in [-0.15, -0.1) is 0 Å². The highest BCUT2D eigenvalue weighted by Crippen LogP contribution is 2.62. The molecule has 0 N–H and O–H groups in total. The largest absolute Gasteiger partial charge is 0.744 e. The lowest BCUT2D eigenvalue weighted by atomic mass is 9.48. The molecule has 6 atom stereocenters. The molecular weight excluding hydrogens is 675 g/mol. The van der Waals surface area contributed by atoms with E-state index >= 15 is 0 Å². The monoisotopic (exact) mass is 696 g/mol. The third-order valence-corrected chi connectivity index (χ3v) is 10.3. The molecule has 11 heteroatoms. The summed E-state index contributed by atoms with van der Waals surface area (Å²) >= 11 is 1.69. The molecule has 0 aliphatic heterocycles. The highest BCUT2D eigenvalue weighted by molar-refractivity contribution is 14.1. The summed E-state index contributed by atoms with van der Waals surface area (Å²) in [5, 5.41) is 11.1. The van der Waals surface area contributed by atoms with Crippen LogP contribution in [0.1, 0.15) is 33.3 Å². The van der Waals surface area contributed by atoms with Gasteiger partial charge >= 0.3 is 11.9 Å². The Kier molecular flexibility index (Phi) is 7.27. The summed E-state index contributed by atoms with van der Waals surface area (Å²) in [4.78, 5) is 38.6. The molecule has 42 heavy (non-hydrogen) atoms. The summed E-state index contributed by atoms with van der Waals surface area (Å²) in [6.07, 6.45) is 7.92. The minimum Gasteiger partial charge on any atom is -0.744 e. The molecule has 214 valence electrons. The third-order valence-electron chi connectivity index (χ3n) is 8.17. The number of allylic oxidation sites excluding steroid dienone is 4. The van der Waals surface area contributed by atoms with Gasteiger partial charge in [-0.05, 0) is 93.6 Å². The van der Waals surface area contributed by atoms with E-state index in [0.29, 0.717) is 0 Å². The number of benzene rings is 3. The molecule has 1 fully saturated rings. The van der Waals surface area contributed by atoms with Crippen molar-refractivity contribution in [2.45, 2.75) is 16.7 Å². The van der Waals surface area contributed by atoms with Crippen molar-refractivity contribution >= 4 is 50.6 Å². The van der Waals surface area contributed by atoms with E-state index < -0.39 is 56.6 Å². The first-order chi connectivity index (χ1) is 20.0. The molecule has 9 nitrogen and oxygen atoms in total. The molecule has 0 spiro atoms. The Morgan fingerprint density at radius 3 is 1.71 bits per heavy atom. The van der Waals surface area contributed by atoms with Crippen molar-refractivity contribution in [2.24, 2.45) is 23.7 Å². The van der Waals surface area contributed by atoms with Gasteiger partial charge in [0.1, 0.15) is 21.6 Å². The molecule has 6 unspecified atom stereocenters. The van der Waals surface area contributed by atoms with Crippen LogP contribution < -0.4 is 14.6 Å². The summed E-state index contributed by atoms with van der Waals surface area (Å²) in [6.45, 7) is 0. The van der Waals surface area contributed by atoms with Crippen LogP contribution in [0, 0.1) is 27.2 Å². The van der Waals surface area contributed by atoms with Crippen molar-refractivity contribution in [1.82, 2.24) is 0 Å². The molecule has 0 amide bonds. The van der Waals surface area contributed by atoms with Crippen LogP contribution in [0.3, 0.4) is 0 Å². The van der Waals surface area contributed by atoms with E-state index in [0.717, 1.165) is 17.2 Å². The van der Waals surface area contributed by atoms with E-state index in [9.17, 15) is 32.5 Å². The minimum absolute atomic E-state index is 0.0344. The van der Waals surface area contributed by atoms with E-state index in [-0.39, 0.29) is 32.5 Å². The number of halogens is 1. The Balaban J connectivity index is 1.40. The summed E-state index contributed by atoms with van der Waals surface area (Å²) in [7, 11) is -4.72. The number of carboxylic acids is 1.